The van der Waals surface area contributed by atoms with E-state index in [2.05, 4.69) is 5.32 Å². The summed E-state index contributed by atoms with van der Waals surface area (Å²) in [7, 11) is 0. The molecule has 3 rings (SSSR count). The fourth-order valence-corrected chi connectivity index (χ4v) is 2.55. The molecular formula is C14H17NO2. The first kappa shape index (κ1) is 10.9. The minimum atomic E-state index is 0.171. The minimum absolute atomic E-state index is 0.171. The van der Waals surface area contributed by atoms with E-state index >= 15 is 0 Å². The number of carbonyl (C=O) groups is 1. The van der Waals surface area contributed by atoms with Crippen molar-refractivity contribution in [2.45, 2.75) is 37.5 Å². The Labute approximate surface area is 101 Å². The summed E-state index contributed by atoms with van der Waals surface area (Å²) in [5.74, 6) is 0.171. The topological polar surface area (TPSA) is 41.6 Å². The Bertz CT molecular complexity index is 404. The van der Waals surface area contributed by atoms with Crippen LogP contribution in [-0.4, -0.2) is 30.6 Å². The van der Waals surface area contributed by atoms with Crippen LogP contribution in [0.5, 0.6) is 0 Å². The zero-order valence-corrected chi connectivity index (χ0v) is 9.76. The van der Waals surface area contributed by atoms with Gasteiger partial charge in [-0.05, 0) is 19.3 Å². The van der Waals surface area contributed by atoms with Crippen LogP contribution in [0.4, 0.5) is 0 Å². The van der Waals surface area contributed by atoms with E-state index in [9.17, 15) is 4.79 Å². The molecule has 0 radical (unpaired) electrons. The number of ketones is 1. The summed E-state index contributed by atoms with van der Waals surface area (Å²) in [6.45, 7) is 0.437. The molecule has 2 fully saturated rings. The van der Waals surface area contributed by atoms with Gasteiger partial charge in [-0.2, -0.15) is 0 Å². The van der Waals surface area contributed by atoms with Crippen LogP contribution < -0.4 is 5.32 Å². The SMILES string of the molecule is O=C(CN[C@@H]1CC[C@@H]2OC2C1)c1ccccc1. The van der Waals surface area contributed by atoms with E-state index in [0.29, 0.717) is 24.8 Å². The van der Waals surface area contributed by atoms with Crippen LogP contribution in [0.1, 0.15) is 29.6 Å². The molecule has 1 aromatic rings. The predicted octanol–water partition coefficient (Wildman–Crippen LogP) is 1.78. The van der Waals surface area contributed by atoms with Gasteiger partial charge in [0.05, 0.1) is 18.8 Å². The normalized spacial score (nSPS) is 30.7. The maximum Gasteiger partial charge on any atom is 0.176 e. The Kier molecular flexibility index (Phi) is 2.95. The van der Waals surface area contributed by atoms with E-state index < -0.39 is 0 Å². The maximum absolute atomic E-state index is 11.9. The highest BCUT2D eigenvalue weighted by atomic mass is 16.6. The number of nitrogens with one attached hydrogen (secondary N) is 1. The van der Waals surface area contributed by atoms with E-state index in [1.165, 1.54) is 0 Å². The molecular weight excluding hydrogens is 214 g/mol. The van der Waals surface area contributed by atoms with Crippen molar-refractivity contribution in [3.63, 3.8) is 0 Å². The smallest absolute Gasteiger partial charge is 0.176 e. The molecule has 0 spiro atoms. The van der Waals surface area contributed by atoms with E-state index in [4.69, 9.17) is 4.74 Å². The van der Waals surface area contributed by atoms with Crippen molar-refractivity contribution >= 4 is 5.78 Å². The van der Waals surface area contributed by atoms with Gasteiger partial charge in [0.1, 0.15) is 0 Å². The number of Topliss-reactive ketones (excluding diaryl/α,β-unsaturated/α-hetero) is 1. The number of benzene rings is 1. The van der Waals surface area contributed by atoms with Crippen LogP contribution in [0, 0.1) is 0 Å². The highest BCUT2D eigenvalue weighted by Crippen LogP contribution is 2.36. The summed E-state index contributed by atoms with van der Waals surface area (Å²) in [5.41, 5.74) is 0.788. The largest absolute Gasteiger partial charge is 0.370 e. The number of carbonyl (C=O) groups excluding carboxylic acids is 1. The van der Waals surface area contributed by atoms with Gasteiger partial charge in [0, 0.05) is 11.6 Å². The van der Waals surface area contributed by atoms with Crippen molar-refractivity contribution < 1.29 is 9.53 Å². The Morgan fingerprint density at radius 2 is 2.06 bits per heavy atom. The number of fused-ring (bicyclic) bond motifs is 1. The molecule has 1 saturated heterocycles. The molecule has 0 aromatic heterocycles. The molecule has 3 atom stereocenters. The van der Waals surface area contributed by atoms with Gasteiger partial charge in [-0.1, -0.05) is 30.3 Å². The van der Waals surface area contributed by atoms with Crippen molar-refractivity contribution in [1.29, 1.82) is 0 Å². The molecule has 1 aliphatic heterocycles. The van der Waals surface area contributed by atoms with Crippen molar-refractivity contribution in [2.75, 3.05) is 6.54 Å². The molecule has 17 heavy (non-hydrogen) atoms. The van der Waals surface area contributed by atoms with E-state index in [1.54, 1.807) is 0 Å². The van der Waals surface area contributed by atoms with Crippen molar-refractivity contribution in [2.24, 2.45) is 0 Å². The third-order valence-corrected chi connectivity index (χ3v) is 3.65. The minimum Gasteiger partial charge on any atom is -0.370 e. The van der Waals surface area contributed by atoms with Crippen LogP contribution in [0.2, 0.25) is 0 Å². The summed E-state index contributed by atoms with van der Waals surface area (Å²) in [6, 6.07) is 9.91. The summed E-state index contributed by atoms with van der Waals surface area (Å²) >= 11 is 0. The van der Waals surface area contributed by atoms with Gasteiger partial charge in [0.15, 0.2) is 5.78 Å². The zero-order chi connectivity index (χ0) is 11.7. The van der Waals surface area contributed by atoms with Gasteiger partial charge in [-0.3, -0.25) is 4.79 Å². The van der Waals surface area contributed by atoms with Crippen molar-refractivity contribution in [1.82, 2.24) is 5.32 Å². The second kappa shape index (κ2) is 4.59. The summed E-state index contributed by atoms with van der Waals surface area (Å²) < 4.78 is 5.47. The molecule has 0 amide bonds. The lowest BCUT2D eigenvalue weighted by Gasteiger charge is -2.19. The first-order valence-electron chi connectivity index (χ1n) is 6.30. The Hall–Kier alpha value is -1.19. The molecule has 1 saturated carbocycles. The zero-order valence-electron chi connectivity index (χ0n) is 9.76. The second-order valence-corrected chi connectivity index (χ2v) is 4.89. The van der Waals surface area contributed by atoms with Crippen LogP contribution in [-0.2, 0) is 4.74 Å². The summed E-state index contributed by atoms with van der Waals surface area (Å²) in [4.78, 5) is 11.9. The quantitative estimate of drug-likeness (QED) is 0.634. The van der Waals surface area contributed by atoms with E-state index in [0.717, 1.165) is 24.8 Å². The lowest BCUT2D eigenvalue weighted by atomic mass is 9.95. The molecule has 1 heterocycles. The number of hydrogen-bond donors (Lipinski definition) is 1. The fourth-order valence-electron chi connectivity index (χ4n) is 2.55. The molecule has 0 bridgehead atoms. The van der Waals surface area contributed by atoms with Gasteiger partial charge in [0.2, 0.25) is 0 Å². The molecule has 3 heteroatoms. The van der Waals surface area contributed by atoms with Gasteiger partial charge >= 0.3 is 0 Å². The molecule has 1 aromatic carbocycles. The van der Waals surface area contributed by atoms with Crippen LogP contribution in [0.15, 0.2) is 30.3 Å². The number of hydrogen-bond acceptors (Lipinski definition) is 3. The third-order valence-electron chi connectivity index (χ3n) is 3.65. The molecule has 2 aliphatic rings. The number of epoxide rings is 1. The third kappa shape index (κ3) is 2.56. The molecule has 90 valence electrons. The number of ether oxygens (including phenoxy) is 1. The second-order valence-electron chi connectivity index (χ2n) is 4.89. The summed E-state index contributed by atoms with van der Waals surface area (Å²) in [5, 5.41) is 3.35. The lowest BCUT2D eigenvalue weighted by Crippen LogP contribution is -2.37. The van der Waals surface area contributed by atoms with Crippen molar-refractivity contribution in [3.05, 3.63) is 35.9 Å². The molecule has 1 N–H and O–H groups in total. The van der Waals surface area contributed by atoms with Gasteiger partial charge in [-0.25, -0.2) is 0 Å². The summed E-state index contributed by atoms with van der Waals surface area (Å²) in [6.07, 6.45) is 4.32. The highest BCUT2D eigenvalue weighted by Gasteiger charge is 2.43. The first-order chi connectivity index (χ1) is 8.33. The van der Waals surface area contributed by atoms with Gasteiger partial charge in [0.25, 0.3) is 0 Å². The average Bonchev–Trinajstić information content (AvgIpc) is 3.15. The number of rotatable bonds is 4. The monoisotopic (exact) mass is 231 g/mol. The fraction of sp³-hybridized carbons (Fsp3) is 0.500. The first-order valence-corrected chi connectivity index (χ1v) is 6.30. The van der Waals surface area contributed by atoms with Crippen LogP contribution in [0.25, 0.3) is 0 Å². The van der Waals surface area contributed by atoms with E-state index in [-0.39, 0.29) is 5.78 Å². The molecule has 1 aliphatic carbocycles. The van der Waals surface area contributed by atoms with E-state index in [1.807, 2.05) is 30.3 Å². The Morgan fingerprint density at radius 1 is 1.24 bits per heavy atom. The maximum atomic E-state index is 11.9. The van der Waals surface area contributed by atoms with Crippen LogP contribution in [0.3, 0.4) is 0 Å². The molecule has 3 nitrogen and oxygen atoms in total. The Morgan fingerprint density at radius 3 is 2.82 bits per heavy atom. The highest BCUT2D eigenvalue weighted by molar-refractivity contribution is 5.97. The van der Waals surface area contributed by atoms with Gasteiger partial charge in [-0.15, -0.1) is 0 Å². The van der Waals surface area contributed by atoms with Crippen LogP contribution >= 0.6 is 0 Å². The predicted molar refractivity (Wildman–Crippen MR) is 65.1 cm³/mol. The lowest BCUT2D eigenvalue weighted by molar-refractivity contribution is 0.0985. The molecule has 1 unspecified atom stereocenters. The van der Waals surface area contributed by atoms with Gasteiger partial charge < -0.3 is 10.1 Å². The average molecular weight is 231 g/mol. The Balaban J connectivity index is 1.49. The van der Waals surface area contributed by atoms with Crippen molar-refractivity contribution in [3.8, 4) is 0 Å². The standard InChI is InChI=1S/C14H17NO2/c16-12(10-4-2-1-3-5-10)9-15-11-6-7-13-14(8-11)17-13/h1-5,11,13-15H,6-9H2/t11-,13+,14?/m1/s1.